The Morgan fingerprint density at radius 2 is 1.97 bits per heavy atom. The summed E-state index contributed by atoms with van der Waals surface area (Å²) in [6.07, 6.45) is -2.01. The van der Waals surface area contributed by atoms with Crippen LogP contribution in [0.1, 0.15) is 36.8 Å². The molecule has 9 nitrogen and oxygen atoms in total. The van der Waals surface area contributed by atoms with Gasteiger partial charge >= 0.3 is 6.18 Å². The summed E-state index contributed by atoms with van der Waals surface area (Å²) in [5, 5.41) is 17.7. The predicted molar refractivity (Wildman–Crippen MR) is 119 cm³/mol. The zero-order valence-corrected chi connectivity index (χ0v) is 18.8. The number of piperidine rings is 1. The van der Waals surface area contributed by atoms with Crippen LogP contribution in [-0.2, 0) is 6.18 Å². The Balaban J connectivity index is 1.55. The monoisotopic (exact) mass is 472 g/mol. The van der Waals surface area contributed by atoms with Crippen LogP contribution in [0.15, 0.2) is 22.9 Å². The van der Waals surface area contributed by atoms with Crippen molar-refractivity contribution in [1.29, 1.82) is 0 Å². The molecule has 0 aliphatic carbocycles. The van der Waals surface area contributed by atoms with Gasteiger partial charge in [-0.2, -0.15) is 18.3 Å². The van der Waals surface area contributed by atoms with Gasteiger partial charge in [0.25, 0.3) is 0 Å². The second kappa shape index (κ2) is 8.35. The Morgan fingerprint density at radius 3 is 2.65 bits per heavy atom. The quantitative estimate of drug-likeness (QED) is 0.403. The molecule has 4 aromatic rings. The molecule has 4 aromatic heterocycles. The van der Waals surface area contributed by atoms with Crippen molar-refractivity contribution in [3.63, 3.8) is 0 Å². The summed E-state index contributed by atoms with van der Waals surface area (Å²) in [6, 6.07) is 3.81. The smallest absolute Gasteiger partial charge is 0.361 e. The number of aromatic nitrogens is 6. The highest BCUT2D eigenvalue weighted by Gasteiger charge is 2.36. The fourth-order valence-electron chi connectivity index (χ4n) is 4.22. The van der Waals surface area contributed by atoms with Crippen molar-refractivity contribution >= 4 is 17.0 Å². The third kappa shape index (κ3) is 4.09. The van der Waals surface area contributed by atoms with Gasteiger partial charge in [0, 0.05) is 30.2 Å². The highest BCUT2D eigenvalue weighted by Crippen LogP contribution is 2.38. The zero-order valence-electron chi connectivity index (χ0n) is 18.8. The topological polar surface area (TPSA) is 117 Å². The van der Waals surface area contributed by atoms with Crippen LogP contribution < -0.4 is 10.6 Å². The van der Waals surface area contributed by atoms with Gasteiger partial charge in [-0.05, 0) is 45.7 Å². The molecule has 5 heterocycles. The predicted octanol–water partition coefficient (Wildman–Crippen LogP) is 4.26. The number of fused-ring (bicyclic) bond motifs is 1. The van der Waals surface area contributed by atoms with Gasteiger partial charge in [0.15, 0.2) is 5.65 Å². The van der Waals surface area contributed by atoms with E-state index in [2.05, 4.69) is 47.9 Å². The molecule has 1 fully saturated rings. The minimum atomic E-state index is -4.64. The van der Waals surface area contributed by atoms with Crippen LogP contribution in [0.25, 0.3) is 33.7 Å². The van der Waals surface area contributed by atoms with Gasteiger partial charge in [-0.3, -0.25) is 5.10 Å². The van der Waals surface area contributed by atoms with Gasteiger partial charge < -0.3 is 15.2 Å². The lowest BCUT2D eigenvalue weighted by atomic mass is 10.0. The first-order valence-electron chi connectivity index (χ1n) is 10.9. The SMILES string of the molecule is Cc1noc(C)c1-c1ccc2c(-c3nc(N[C@H]4CC[C@H](C)NC4)ncc3C(F)(F)F)[nH]nc2n1. The highest BCUT2D eigenvalue weighted by molar-refractivity contribution is 5.92. The maximum absolute atomic E-state index is 13.8. The van der Waals surface area contributed by atoms with E-state index in [9.17, 15) is 13.2 Å². The minimum Gasteiger partial charge on any atom is -0.361 e. The summed E-state index contributed by atoms with van der Waals surface area (Å²) in [7, 11) is 0. The summed E-state index contributed by atoms with van der Waals surface area (Å²) in [5.41, 5.74) is 1.12. The maximum Gasteiger partial charge on any atom is 0.420 e. The zero-order chi connectivity index (χ0) is 24.0. The van der Waals surface area contributed by atoms with Gasteiger partial charge in [-0.25, -0.2) is 15.0 Å². The average Bonchev–Trinajstić information content (AvgIpc) is 3.36. The van der Waals surface area contributed by atoms with E-state index in [-0.39, 0.29) is 29.0 Å². The summed E-state index contributed by atoms with van der Waals surface area (Å²) in [4.78, 5) is 12.7. The van der Waals surface area contributed by atoms with E-state index in [1.165, 1.54) is 0 Å². The molecule has 12 heteroatoms. The van der Waals surface area contributed by atoms with Gasteiger partial charge in [-0.1, -0.05) is 5.16 Å². The van der Waals surface area contributed by atoms with E-state index < -0.39 is 11.7 Å². The van der Waals surface area contributed by atoms with Crippen molar-refractivity contribution < 1.29 is 17.7 Å². The molecule has 178 valence electrons. The van der Waals surface area contributed by atoms with E-state index in [0.717, 1.165) is 24.6 Å². The van der Waals surface area contributed by atoms with Crippen molar-refractivity contribution in [2.45, 2.75) is 51.9 Å². The molecular formula is C22H23F3N8O. The molecule has 1 aliphatic rings. The largest absolute Gasteiger partial charge is 0.420 e. The molecule has 2 atom stereocenters. The van der Waals surface area contributed by atoms with Crippen LogP contribution in [0.5, 0.6) is 0 Å². The Kier molecular flexibility index (Phi) is 5.47. The molecule has 0 aromatic carbocycles. The lowest BCUT2D eigenvalue weighted by Gasteiger charge is -2.28. The fraction of sp³-hybridized carbons (Fsp3) is 0.409. The number of hydrogen-bond acceptors (Lipinski definition) is 8. The molecule has 0 amide bonds. The minimum absolute atomic E-state index is 0.0265. The first kappa shape index (κ1) is 22.3. The number of alkyl halides is 3. The summed E-state index contributed by atoms with van der Waals surface area (Å²) in [5.74, 6) is 0.727. The van der Waals surface area contributed by atoms with Gasteiger partial charge in [0.2, 0.25) is 5.95 Å². The van der Waals surface area contributed by atoms with Crippen LogP contribution in [0.3, 0.4) is 0 Å². The Hall–Kier alpha value is -3.54. The molecular weight excluding hydrogens is 449 g/mol. The first-order chi connectivity index (χ1) is 16.2. The molecule has 0 spiro atoms. The fourth-order valence-corrected chi connectivity index (χ4v) is 4.22. The third-order valence-corrected chi connectivity index (χ3v) is 6.03. The van der Waals surface area contributed by atoms with E-state index in [0.29, 0.717) is 35.1 Å². The van der Waals surface area contributed by atoms with Crippen LogP contribution in [-0.4, -0.2) is 48.9 Å². The number of rotatable bonds is 4. The molecule has 5 rings (SSSR count). The van der Waals surface area contributed by atoms with Gasteiger partial charge in [-0.15, -0.1) is 0 Å². The second-order valence-corrected chi connectivity index (χ2v) is 8.55. The number of nitrogens with zero attached hydrogens (tertiary/aromatic N) is 5. The van der Waals surface area contributed by atoms with Crippen molar-refractivity contribution in [2.24, 2.45) is 0 Å². The summed E-state index contributed by atoms with van der Waals surface area (Å²) < 4.78 is 46.7. The number of hydrogen-bond donors (Lipinski definition) is 3. The Bertz CT molecular complexity index is 1320. The van der Waals surface area contributed by atoms with Crippen molar-refractivity contribution in [2.75, 3.05) is 11.9 Å². The number of aromatic amines is 1. The van der Waals surface area contributed by atoms with Crippen molar-refractivity contribution in [1.82, 2.24) is 35.6 Å². The molecule has 0 bridgehead atoms. The third-order valence-electron chi connectivity index (χ3n) is 6.03. The Labute approximate surface area is 192 Å². The number of aryl methyl sites for hydroxylation is 2. The number of H-pyrrole nitrogens is 1. The van der Waals surface area contributed by atoms with Gasteiger partial charge in [0.05, 0.1) is 22.6 Å². The summed E-state index contributed by atoms with van der Waals surface area (Å²) in [6.45, 7) is 6.34. The van der Waals surface area contributed by atoms with Gasteiger partial charge in [0.1, 0.15) is 17.0 Å². The molecule has 0 saturated carbocycles. The van der Waals surface area contributed by atoms with E-state index in [1.807, 2.05) is 0 Å². The first-order valence-corrected chi connectivity index (χ1v) is 10.9. The maximum atomic E-state index is 13.8. The van der Waals surface area contributed by atoms with Crippen LogP contribution in [0, 0.1) is 13.8 Å². The number of halogens is 3. The normalized spacial score (nSPS) is 19.0. The average molecular weight is 472 g/mol. The number of nitrogens with one attached hydrogen (secondary N) is 3. The van der Waals surface area contributed by atoms with Crippen molar-refractivity contribution in [3.05, 3.63) is 35.3 Å². The van der Waals surface area contributed by atoms with E-state index in [1.54, 1.807) is 26.0 Å². The molecule has 3 N–H and O–H groups in total. The second-order valence-electron chi connectivity index (χ2n) is 8.55. The van der Waals surface area contributed by atoms with Crippen LogP contribution >= 0.6 is 0 Å². The lowest BCUT2D eigenvalue weighted by Crippen LogP contribution is -2.43. The highest BCUT2D eigenvalue weighted by atomic mass is 19.4. The standard InChI is InChI=1S/C22H23F3N8O/c1-10-4-5-13(8-26-10)28-21-27-9-15(22(23,24)25)19(30-21)18-14-6-7-16(29-20(14)32-31-18)17-11(2)33-34-12(17)3/h6-7,9-10,13,26H,4-5,8H2,1-3H3,(H,27,28,30)(H,29,31,32)/t10-,13-/m0/s1. The van der Waals surface area contributed by atoms with Crippen LogP contribution in [0.2, 0.25) is 0 Å². The molecule has 34 heavy (non-hydrogen) atoms. The molecule has 0 unspecified atom stereocenters. The summed E-state index contributed by atoms with van der Waals surface area (Å²) >= 11 is 0. The van der Waals surface area contributed by atoms with E-state index >= 15 is 0 Å². The van der Waals surface area contributed by atoms with Crippen LogP contribution in [0.4, 0.5) is 19.1 Å². The molecule has 1 saturated heterocycles. The molecule has 0 radical (unpaired) electrons. The van der Waals surface area contributed by atoms with Crippen molar-refractivity contribution in [3.8, 4) is 22.6 Å². The Morgan fingerprint density at radius 1 is 1.15 bits per heavy atom. The van der Waals surface area contributed by atoms with E-state index in [4.69, 9.17) is 4.52 Å². The number of pyridine rings is 1. The number of anilines is 1. The lowest BCUT2D eigenvalue weighted by molar-refractivity contribution is -0.137. The molecule has 1 aliphatic heterocycles.